The fourth-order valence-corrected chi connectivity index (χ4v) is 1.53. The lowest BCUT2D eigenvalue weighted by molar-refractivity contribution is 0.697. The molecule has 1 N–H and O–H groups in total. The standard InChI is InChI=1S/C7H14N2S/c1-4-6(9-2)7(5-8)10-3/h5-8H,2,4H2,1,3H3. The average molecular weight is 158 g/mol. The zero-order chi connectivity index (χ0) is 7.98. The van der Waals surface area contributed by atoms with Crippen molar-refractivity contribution in [1.29, 1.82) is 5.41 Å². The van der Waals surface area contributed by atoms with Crippen LogP contribution in [-0.2, 0) is 0 Å². The van der Waals surface area contributed by atoms with Crippen molar-refractivity contribution >= 4 is 24.7 Å². The van der Waals surface area contributed by atoms with Gasteiger partial charge in [0.2, 0.25) is 0 Å². The highest BCUT2D eigenvalue weighted by molar-refractivity contribution is 7.99. The molecule has 2 unspecified atom stereocenters. The number of nitrogens with zero attached hydrogens (tertiary/aromatic N) is 1. The van der Waals surface area contributed by atoms with Crippen LogP contribution in [0.3, 0.4) is 0 Å². The summed E-state index contributed by atoms with van der Waals surface area (Å²) in [6.07, 6.45) is 4.39. The minimum absolute atomic E-state index is 0.211. The van der Waals surface area contributed by atoms with E-state index in [-0.39, 0.29) is 11.3 Å². The van der Waals surface area contributed by atoms with Crippen LogP contribution < -0.4 is 0 Å². The van der Waals surface area contributed by atoms with Gasteiger partial charge in [0, 0.05) is 6.21 Å². The highest BCUT2D eigenvalue weighted by Crippen LogP contribution is 2.13. The topological polar surface area (TPSA) is 36.2 Å². The lowest BCUT2D eigenvalue weighted by Gasteiger charge is -2.14. The Morgan fingerprint density at radius 2 is 2.40 bits per heavy atom. The van der Waals surface area contributed by atoms with Crippen molar-refractivity contribution in [3.05, 3.63) is 0 Å². The van der Waals surface area contributed by atoms with Gasteiger partial charge in [0.25, 0.3) is 0 Å². The minimum Gasteiger partial charge on any atom is -0.312 e. The number of hydrogen-bond acceptors (Lipinski definition) is 3. The summed E-state index contributed by atoms with van der Waals surface area (Å²) in [5.41, 5.74) is 0. The van der Waals surface area contributed by atoms with E-state index in [0.717, 1.165) is 6.42 Å². The Balaban J connectivity index is 3.93. The second-order valence-corrected chi connectivity index (χ2v) is 3.04. The van der Waals surface area contributed by atoms with Gasteiger partial charge in [-0.3, -0.25) is 4.99 Å². The number of rotatable bonds is 5. The molecule has 3 heteroatoms. The molecule has 0 bridgehead atoms. The molecular weight excluding hydrogens is 144 g/mol. The van der Waals surface area contributed by atoms with Crippen molar-refractivity contribution < 1.29 is 0 Å². The third-order valence-corrected chi connectivity index (χ3v) is 2.46. The van der Waals surface area contributed by atoms with Crippen LogP contribution >= 0.6 is 11.8 Å². The van der Waals surface area contributed by atoms with Crippen LogP contribution in [0.15, 0.2) is 4.99 Å². The Hall–Kier alpha value is -0.310. The third-order valence-electron chi connectivity index (χ3n) is 1.47. The van der Waals surface area contributed by atoms with Gasteiger partial charge in [-0.25, -0.2) is 0 Å². The molecular formula is C7H14N2S. The quantitative estimate of drug-likeness (QED) is 0.609. The normalized spacial score (nSPS) is 15.8. The number of aliphatic imine (C=N–C) groups is 1. The van der Waals surface area contributed by atoms with Crippen molar-refractivity contribution in [2.24, 2.45) is 4.99 Å². The monoisotopic (exact) mass is 158 g/mol. The van der Waals surface area contributed by atoms with Crippen LogP contribution in [0.4, 0.5) is 0 Å². The fraction of sp³-hybridized carbons (Fsp3) is 0.714. The van der Waals surface area contributed by atoms with Crippen molar-refractivity contribution in [1.82, 2.24) is 0 Å². The lowest BCUT2D eigenvalue weighted by atomic mass is 10.2. The summed E-state index contributed by atoms with van der Waals surface area (Å²) in [4.78, 5) is 3.93. The maximum atomic E-state index is 7.06. The van der Waals surface area contributed by atoms with Gasteiger partial charge in [-0.1, -0.05) is 6.92 Å². The first-order valence-corrected chi connectivity index (χ1v) is 4.58. The van der Waals surface area contributed by atoms with Crippen molar-refractivity contribution in [2.75, 3.05) is 6.26 Å². The zero-order valence-corrected chi connectivity index (χ0v) is 7.32. The first kappa shape index (κ1) is 9.69. The molecule has 0 radical (unpaired) electrons. The Morgan fingerprint density at radius 1 is 1.80 bits per heavy atom. The van der Waals surface area contributed by atoms with Gasteiger partial charge in [-0.05, 0) is 19.4 Å². The SMILES string of the molecule is C=NC(CC)C(C=N)SC. The van der Waals surface area contributed by atoms with E-state index in [1.807, 2.05) is 6.26 Å². The Bertz CT molecular complexity index is 100. The fourth-order valence-electron chi connectivity index (χ4n) is 0.801. The molecule has 0 saturated heterocycles. The molecule has 58 valence electrons. The summed E-state index contributed by atoms with van der Waals surface area (Å²) in [6.45, 7) is 5.54. The molecule has 0 aliphatic rings. The highest BCUT2D eigenvalue weighted by atomic mass is 32.2. The number of hydrogen-bond donors (Lipinski definition) is 1. The zero-order valence-electron chi connectivity index (χ0n) is 6.50. The van der Waals surface area contributed by atoms with Crippen molar-refractivity contribution in [2.45, 2.75) is 24.6 Å². The average Bonchev–Trinajstić information content (AvgIpc) is 2.00. The first-order chi connectivity index (χ1) is 4.79. The lowest BCUT2D eigenvalue weighted by Crippen LogP contribution is -2.20. The molecule has 10 heavy (non-hydrogen) atoms. The molecule has 0 aliphatic heterocycles. The van der Waals surface area contributed by atoms with E-state index in [1.54, 1.807) is 11.8 Å². The number of nitrogens with one attached hydrogen (secondary N) is 1. The van der Waals surface area contributed by atoms with E-state index < -0.39 is 0 Å². The molecule has 0 saturated carbocycles. The summed E-state index contributed by atoms with van der Waals surface area (Å²) >= 11 is 1.65. The van der Waals surface area contributed by atoms with Crippen LogP contribution in [0.1, 0.15) is 13.3 Å². The summed E-state index contributed by atoms with van der Waals surface area (Å²) in [5, 5.41) is 7.27. The van der Waals surface area contributed by atoms with Crippen molar-refractivity contribution in [3.8, 4) is 0 Å². The van der Waals surface area contributed by atoms with E-state index in [2.05, 4.69) is 18.6 Å². The third kappa shape index (κ3) is 2.52. The van der Waals surface area contributed by atoms with Gasteiger partial charge < -0.3 is 5.41 Å². The molecule has 2 atom stereocenters. The van der Waals surface area contributed by atoms with E-state index in [9.17, 15) is 0 Å². The smallest absolute Gasteiger partial charge is 0.0658 e. The summed E-state index contributed by atoms with van der Waals surface area (Å²) < 4.78 is 0. The molecule has 0 rings (SSSR count). The van der Waals surface area contributed by atoms with Gasteiger partial charge in [-0.2, -0.15) is 11.8 Å². The minimum atomic E-state index is 0.211. The Labute approximate surface area is 66.6 Å². The van der Waals surface area contributed by atoms with Crippen LogP contribution in [0.2, 0.25) is 0 Å². The predicted molar refractivity (Wildman–Crippen MR) is 49.7 cm³/mol. The van der Waals surface area contributed by atoms with E-state index in [0.29, 0.717) is 0 Å². The summed E-state index contributed by atoms with van der Waals surface area (Å²) in [7, 11) is 0. The van der Waals surface area contributed by atoms with E-state index >= 15 is 0 Å². The first-order valence-electron chi connectivity index (χ1n) is 3.29. The van der Waals surface area contributed by atoms with Gasteiger partial charge in [-0.15, -0.1) is 0 Å². The molecule has 0 heterocycles. The van der Waals surface area contributed by atoms with Crippen LogP contribution in [0.5, 0.6) is 0 Å². The second-order valence-electron chi connectivity index (χ2n) is 2.03. The van der Waals surface area contributed by atoms with Gasteiger partial charge in [0.1, 0.15) is 0 Å². The Morgan fingerprint density at radius 3 is 2.50 bits per heavy atom. The molecule has 0 aromatic rings. The largest absolute Gasteiger partial charge is 0.312 e. The van der Waals surface area contributed by atoms with Crippen LogP contribution in [-0.4, -0.2) is 30.5 Å². The Kier molecular flexibility index (Phi) is 5.30. The molecule has 0 aromatic heterocycles. The second kappa shape index (κ2) is 5.47. The maximum absolute atomic E-state index is 7.06. The predicted octanol–water partition coefficient (Wildman–Crippen LogP) is 1.85. The summed E-state index contributed by atoms with van der Waals surface area (Å²) in [6, 6.07) is 0.215. The molecule has 0 aromatic carbocycles. The molecule has 0 aliphatic carbocycles. The van der Waals surface area contributed by atoms with Crippen LogP contribution in [0.25, 0.3) is 0 Å². The van der Waals surface area contributed by atoms with Gasteiger partial charge >= 0.3 is 0 Å². The van der Waals surface area contributed by atoms with E-state index in [1.165, 1.54) is 6.21 Å². The molecule has 2 nitrogen and oxygen atoms in total. The van der Waals surface area contributed by atoms with E-state index in [4.69, 9.17) is 5.41 Å². The maximum Gasteiger partial charge on any atom is 0.0658 e. The molecule has 0 amide bonds. The highest BCUT2D eigenvalue weighted by Gasteiger charge is 2.13. The molecule has 0 fully saturated rings. The molecule has 0 spiro atoms. The van der Waals surface area contributed by atoms with Gasteiger partial charge in [0.15, 0.2) is 0 Å². The van der Waals surface area contributed by atoms with Gasteiger partial charge in [0.05, 0.1) is 11.3 Å². The van der Waals surface area contributed by atoms with Crippen molar-refractivity contribution in [3.63, 3.8) is 0 Å². The van der Waals surface area contributed by atoms with Crippen LogP contribution in [0, 0.1) is 5.41 Å². The summed E-state index contributed by atoms with van der Waals surface area (Å²) in [5.74, 6) is 0. The number of thioether (sulfide) groups is 1.